The van der Waals surface area contributed by atoms with E-state index in [2.05, 4.69) is 35.6 Å². The minimum atomic E-state index is -0.270. The predicted octanol–water partition coefficient (Wildman–Crippen LogP) is 5.35. The predicted molar refractivity (Wildman–Crippen MR) is 116 cm³/mol. The number of ether oxygens (including phenoxy) is 1. The van der Waals surface area contributed by atoms with E-state index in [4.69, 9.17) is 10.5 Å². The van der Waals surface area contributed by atoms with Crippen LogP contribution in [0.25, 0.3) is 16.6 Å². The van der Waals surface area contributed by atoms with Gasteiger partial charge in [-0.2, -0.15) is 5.10 Å². The quantitative estimate of drug-likeness (QED) is 0.438. The van der Waals surface area contributed by atoms with Crippen molar-refractivity contribution in [1.82, 2.24) is 9.78 Å². The zero-order valence-corrected chi connectivity index (χ0v) is 17.1. The van der Waals surface area contributed by atoms with Gasteiger partial charge >= 0.3 is 0 Å². The lowest BCUT2D eigenvalue weighted by Crippen LogP contribution is -2.29. The second-order valence-electron chi connectivity index (χ2n) is 6.92. The lowest BCUT2D eigenvalue weighted by atomic mass is 10.0. The van der Waals surface area contributed by atoms with Crippen LogP contribution in [-0.4, -0.2) is 22.1 Å². The van der Waals surface area contributed by atoms with Gasteiger partial charge in [0.2, 0.25) is 0 Å². The molecule has 6 heteroatoms. The van der Waals surface area contributed by atoms with Crippen LogP contribution in [0, 0.1) is 5.82 Å². The number of nitrogens with two attached hydrogens (primary N) is 1. The van der Waals surface area contributed by atoms with Crippen LogP contribution in [0.4, 0.5) is 4.39 Å². The molecule has 0 saturated carbocycles. The Kier molecular flexibility index (Phi) is 5.56. The lowest BCUT2D eigenvalue weighted by Gasteiger charge is -2.23. The normalized spacial score (nSPS) is 13.4. The first-order valence-electron chi connectivity index (χ1n) is 9.35. The van der Waals surface area contributed by atoms with Crippen LogP contribution in [-0.2, 0) is 0 Å². The molecule has 29 heavy (non-hydrogen) atoms. The Bertz CT molecular complexity index is 1110. The van der Waals surface area contributed by atoms with Gasteiger partial charge in [0, 0.05) is 16.3 Å². The number of hydrogen-bond donors (Lipinski definition) is 1. The molecule has 1 aromatic heterocycles. The smallest absolute Gasteiger partial charge is 0.138 e. The minimum absolute atomic E-state index is 0.173. The summed E-state index contributed by atoms with van der Waals surface area (Å²) in [5.41, 5.74) is 8.98. The van der Waals surface area contributed by atoms with Crippen LogP contribution in [0.3, 0.4) is 0 Å². The summed E-state index contributed by atoms with van der Waals surface area (Å²) in [6.45, 7) is 1.94. The Morgan fingerprint density at radius 2 is 1.76 bits per heavy atom. The van der Waals surface area contributed by atoms with Crippen molar-refractivity contribution in [3.63, 3.8) is 0 Å². The zero-order valence-electron chi connectivity index (χ0n) is 16.2. The third-order valence-corrected chi connectivity index (χ3v) is 5.54. The summed E-state index contributed by atoms with van der Waals surface area (Å²) in [6.07, 6.45) is 3.57. The molecular weight excluding hydrogens is 385 g/mol. The molecular formula is C23H22FN3OS. The average molecular weight is 408 g/mol. The van der Waals surface area contributed by atoms with Crippen molar-refractivity contribution in [2.24, 2.45) is 5.73 Å². The summed E-state index contributed by atoms with van der Waals surface area (Å²) in [6, 6.07) is 20.2. The Morgan fingerprint density at radius 1 is 1.03 bits per heavy atom. The van der Waals surface area contributed by atoms with Crippen molar-refractivity contribution in [3.05, 3.63) is 84.3 Å². The van der Waals surface area contributed by atoms with Crippen LogP contribution >= 0.6 is 11.8 Å². The van der Waals surface area contributed by atoms with Crippen LogP contribution in [0.2, 0.25) is 0 Å². The fourth-order valence-corrected chi connectivity index (χ4v) is 3.70. The Labute approximate surface area is 173 Å². The largest absolute Gasteiger partial charge is 0.484 e. The Morgan fingerprint density at radius 3 is 2.41 bits per heavy atom. The highest BCUT2D eigenvalue weighted by molar-refractivity contribution is 7.98. The number of thioether (sulfide) groups is 1. The monoisotopic (exact) mass is 407 g/mol. The summed E-state index contributed by atoms with van der Waals surface area (Å²) in [5.74, 6) is 0.459. The average Bonchev–Trinajstić information content (AvgIpc) is 3.16. The van der Waals surface area contributed by atoms with E-state index in [0.29, 0.717) is 0 Å². The van der Waals surface area contributed by atoms with Crippen molar-refractivity contribution in [3.8, 4) is 11.4 Å². The number of halogens is 1. The van der Waals surface area contributed by atoms with Gasteiger partial charge in [0.15, 0.2) is 0 Å². The highest BCUT2D eigenvalue weighted by Crippen LogP contribution is 2.29. The summed E-state index contributed by atoms with van der Waals surface area (Å²) in [5, 5.41) is 5.38. The first kappa shape index (κ1) is 19.5. The van der Waals surface area contributed by atoms with Gasteiger partial charge < -0.3 is 10.5 Å². The Hall–Kier alpha value is -2.83. The molecule has 4 nitrogen and oxygen atoms in total. The molecule has 0 saturated heterocycles. The lowest BCUT2D eigenvalue weighted by molar-refractivity contribution is 0.180. The molecule has 2 atom stereocenters. The molecule has 0 aliphatic carbocycles. The molecule has 2 N–H and O–H groups in total. The van der Waals surface area contributed by atoms with E-state index in [1.807, 2.05) is 25.1 Å². The maximum absolute atomic E-state index is 13.2. The van der Waals surface area contributed by atoms with Gasteiger partial charge in [-0.3, -0.25) is 0 Å². The molecule has 4 aromatic rings. The van der Waals surface area contributed by atoms with Gasteiger partial charge in [0.05, 0.1) is 17.4 Å². The van der Waals surface area contributed by atoms with Crippen molar-refractivity contribution in [2.75, 3.05) is 6.26 Å². The first-order valence-corrected chi connectivity index (χ1v) is 10.6. The SMILES string of the molecule is CSc1ccc([C@H](Oc2ccc3c(cnn3-c3ccc(F)cc3)c2)[C@H](C)N)cc1. The number of aromatic nitrogens is 2. The molecule has 0 amide bonds. The molecule has 0 radical (unpaired) electrons. The molecule has 148 valence electrons. The van der Waals surface area contributed by atoms with Crippen molar-refractivity contribution in [2.45, 2.75) is 24.0 Å². The fourth-order valence-electron chi connectivity index (χ4n) is 3.29. The van der Waals surface area contributed by atoms with Gasteiger partial charge in [-0.25, -0.2) is 9.07 Å². The third kappa shape index (κ3) is 4.13. The second kappa shape index (κ2) is 8.27. The van der Waals surface area contributed by atoms with E-state index >= 15 is 0 Å². The molecule has 0 aliphatic rings. The van der Waals surface area contributed by atoms with Crippen LogP contribution < -0.4 is 10.5 Å². The van der Waals surface area contributed by atoms with Crippen LogP contribution in [0.1, 0.15) is 18.6 Å². The van der Waals surface area contributed by atoms with E-state index in [0.717, 1.165) is 27.9 Å². The maximum Gasteiger partial charge on any atom is 0.138 e. The topological polar surface area (TPSA) is 53.1 Å². The molecule has 0 bridgehead atoms. The van der Waals surface area contributed by atoms with E-state index in [1.54, 1.807) is 34.8 Å². The fraction of sp³-hybridized carbons (Fsp3) is 0.174. The van der Waals surface area contributed by atoms with Crippen LogP contribution in [0.15, 0.2) is 77.8 Å². The zero-order chi connectivity index (χ0) is 20.4. The third-order valence-electron chi connectivity index (χ3n) is 4.80. The molecule has 0 spiro atoms. The molecule has 0 fully saturated rings. The maximum atomic E-state index is 13.2. The van der Waals surface area contributed by atoms with Crippen LogP contribution in [0.5, 0.6) is 5.75 Å². The number of benzene rings is 3. The van der Waals surface area contributed by atoms with Gasteiger partial charge in [-0.05, 0) is 73.3 Å². The summed E-state index contributed by atoms with van der Waals surface area (Å²) < 4.78 is 21.2. The van der Waals surface area contributed by atoms with Gasteiger partial charge in [0.1, 0.15) is 17.7 Å². The van der Waals surface area contributed by atoms with E-state index < -0.39 is 0 Å². The summed E-state index contributed by atoms with van der Waals surface area (Å²) in [4.78, 5) is 1.20. The van der Waals surface area contributed by atoms with Crippen molar-refractivity contribution >= 4 is 22.7 Å². The van der Waals surface area contributed by atoms with Gasteiger partial charge in [-0.1, -0.05) is 12.1 Å². The first-order chi connectivity index (χ1) is 14.0. The summed E-state index contributed by atoms with van der Waals surface area (Å²) >= 11 is 1.70. The Balaban J connectivity index is 1.62. The molecule has 3 aromatic carbocycles. The molecule has 0 aliphatic heterocycles. The molecule has 0 unspecified atom stereocenters. The highest BCUT2D eigenvalue weighted by atomic mass is 32.2. The van der Waals surface area contributed by atoms with E-state index in [1.165, 1.54) is 17.0 Å². The second-order valence-corrected chi connectivity index (χ2v) is 7.80. The number of hydrogen-bond acceptors (Lipinski definition) is 4. The molecule has 4 rings (SSSR count). The highest BCUT2D eigenvalue weighted by Gasteiger charge is 2.19. The van der Waals surface area contributed by atoms with Crippen molar-refractivity contribution < 1.29 is 9.13 Å². The van der Waals surface area contributed by atoms with Crippen molar-refractivity contribution in [1.29, 1.82) is 0 Å². The summed E-state index contributed by atoms with van der Waals surface area (Å²) in [7, 11) is 0. The number of nitrogens with zero attached hydrogens (tertiary/aromatic N) is 2. The van der Waals surface area contributed by atoms with E-state index in [9.17, 15) is 4.39 Å². The van der Waals surface area contributed by atoms with Gasteiger partial charge in [-0.15, -0.1) is 11.8 Å². The molecule has 1 heterocycles. The van der Waals surface area contributed by atoms with Gasteiger partial charge in [0.25, 0.3) is 0 Å². The number of rotatable bonds is 6. The van der Waals surface area contributed by atoms with E-state index in [-0.39, 0.29) is 18.0 Å². The standard InChI is InChI=1S/C23H22FN3OS/c1-15(25)23(16-3-10-21(29-2)11-4-16)28-20-9-12-22-17(13-20)14-26-27(22)19-7-5-18(24)6-8-19/h3-15,23H,25H2,1-2H3/t15-,23+/m0/s1. The minimum Gasteiger partial charge on any atom is -0.484 e. The number of fused-ring (bicyclic) bond motifs is 1.